The molecule has 6 heteroatoms. The maximum Gasteiger partial charge on any atom is 0.143 e. The van der Waals surface area contributed by atoms with Crippen molar-refractivity contribution in [1.82, 2.24) is 14.8 Å². The Hall–Kier alpha value is -0.460. The summed E-state index contributed by atoms with van der Waals surface area (Å²) in [4.78, 5) is 0. The Labute approximate surface area is 110 Å². The van der Waals surface area contributed by atoms with Crippen LogP contribution in [0.3, 0.4) is 0 Å². The molecule has 1 aliphatic heterocycles. The Balaban J connectivity index is 2.16. The molecule has 2 rings (SSSR count). The van der Waals surface area contributed by atoms with E-state index < -0.39 is 0 Å². The molecular weight excluding hydrogens is 286 g/mol. The van der Waals surface area contributed by atoms with Crippen molar-refractivity contribution in [2.24, 2.45) is 0 Å². The predicted octanol–water partition coefficient (Wildman–Crippen LogP) is 1.71. The zero-order valence-electron chi connectivity index (χ0n) is 10.1. The van der Waals surface area contributed by atoms with Gasteiger partial charge in [0.15, 0.2) is 0 Å². The minimum absolute atomic E-state index is 0.473. The molecule has 5 nitrogen and oxygen atoms in total. The predicted molar refractivity (Wildman–Crippen MR) is 67.3 cm³/mol. The summed E-state index contributed by atoms with van der Waals surface area (Å²) < 4.78 is 12.7. The van der Waals surface area contributed by atoms with Gasteiger partial charge in [0.05, 0.1) is 11.9 Å². The van der Waals surface area contributed by atoms with Crippen LogP contribution in [0.4, 0.5) is 0 Å². The highest BCUT2D eigenvalue weighted by molar-refractivity contribution is 9.08. The SMILES string of the molecule is COCCn1c(CBr)nnc1C1CCOCC1. The van der Waals surface area contributed by atoms with Crippen molar-refractivity contribution >= 4 is 15.9 Å². The Bertz CT molecular complexity index is 350. The fourth-order valence-corrected chi connectivity index (χ4v) is 2.55. The molecule has 1 aromatic heterocycles. The average molecular weight is 304 g/mol. The summed E-state index contributed by atoms with van der Waals surface area (Å²) in [6, 6.07) is 0. The second-order valence-corrected chi connectivity index (χ2v) is 4.70. The van der Waals surface area contributed by atoms with Crippen molar-refractivity contribution in [1.29, 1.82) is 0 Å². The maximum atomic E-state index is 5.38. The smallest absolute Gasteiger partial charge is 0.143 e. The van der Waals surface area contributed by atoms with E-state index in [1.807, 2.05) is 0 Å². The van der Waals surface area contributed by atoms with Crippen molar-refractivity contribution in [3.05, 3.63) is 11.6 Å². The van der Waals surface area contributed by atoms with Gasteiger partial charge in [-0.05, 0) is 12.8 Å². The molecule has 0 spiro atoms. The minimum atomic E-state index is 0.473. The summed E-state index contributed by atoms with van der Waals surface area (Å²) >= 11 is 3.45. The molecule has 96 valence electrons. The highest BCUT2D eigenvalue weighted by atomic mass is 79.9. The van der Waals surface area contributed by atoms with Crippen molar-refractivity contribution < 1.29 is 9.47 Å². The molecule has 2 heterocycles. The van der Waals surface area contributed by atoms with E-state index in [1.54, 1.807) is 7.11 Å². The van der Waals surface area contributed by atoms with Crippen LogP contribution in [-0.4, -0.2) is 41.7 Å². The average Bonchev–Trinajstić information content (AvgIpc) is 2.80. The molecule has 0 amide bonds. The molecule has 1 saturated heterocycles. The number of rotatable bonds is 5. The van der Waals surface area contributed by atoms with Gasteiger partial charge >= 0.3 is 0 Å². The molecule has 0 atom stereocenters. The van der Waals surface area contributed by atoms with Crippen molar-refractivity contribution in [2.75, 3.05) is 26.9 Å². The minimum Gasteiger partial charge on any atom is -0.383 e. The van der Waals surface area contributed by atoms with E-state index in [2.05, 4.69) is 30.7 Å². The van der Waals surface area contributed by atoms with Gasteiger partial charge < -0.3 is 14.0 Å². The van der Waals surface area contributed by atoms with Gasteiger partial charge in [0.25, 0.3) is 0 Å². The lowest BCUT2D eigenvalue weighted by Crippen LogP contribution is -2.20. The summed E-state index contributed by atoms with van der Waals surface area (Å²) in [5.74, 6) is 2.53. The van der Waals surface area contributed by atoms with Crippen LogP contribution >= 0.6 is 15.9 Å². The standard InChI is InChI=1S/C11H18BrN3O2/c1-16-7-4-15-10(8-12)13-14-11(15)9-2-5-17-6-3-9/h9H,2-8H2,1H3. The normalized spacial score (nSPS) is 17.5. The van der Waals surface area contributed by atoms with Crippen molar-refractivity contribution in [2.45, 2.75) is 30.6 Å². The van der Waals surface area contributed by atoms with Gasteiger partial charge in [0.2, 0.25) is 0 Å². The second-order valence-electron chi connectivity index (χ2n) is 4.14. The van der Waals surface area contributed by atoms with E-state index in [0.29, 0.717) is 12.5 Å². The molecule has 1 fully saturated rings. The largest absolute Gasteiger partial charge is 0.383 e. The highest BCUT2D eigenvalue weighted by Gasteiger charge is 2.23. The van der Waals surface area contributed by atoms with Gasteiger partial charge in [0, 0.05) is 32.8 Å². The molecule has 0 radical (unpaired) electrons. The van der Waals surface area contributed by atoms with Crippen LogP contribution in [0.1, 0.15) is 30.4 Å². The van der Waals surface area contributed by atoms with Gasteiger partial charge in [0.1, 0.15) is 11.6 Å². The Morgan fingerprint density at radius 3 is 2.82 bits per heavy atom. The first-order valence-electron chi connectivity index (χ1n) is 5.91. The number of hydrogen-bond acceptors (Lipinski definition) is 4. The van der Waals surface area contributed by atoms with Crippen LogP contribution in [0.15, 0.2) is 0 Å². The molecule has 17 heavy (non-hydrogen) atoms. The number of ether oxygens (including phenoxy) is 2. The summed E-state index contributed by atoms with van der Waals surface area (Å²) in [7, 11) is 1.71. The van der Waals surface area contributed by atoms with E-state index in [1.165, 1.54) is 0 Å². The van der Waals surface area contributed by atoms with Crippen molar-refractivity contribution in [3.8, 4) is 0 Å². The van der Waals surface area contributed by atoms with E-state index in [9.17, 15) is 0 Å². The first kappa shape index (κ1) is 13.0. The number of methoxy groups -OCH3 is 1. The third-order valence-corrected chi connectivity index (χ3v) is 3.58. The lowest BCUT2D eigenvalue weighted by molar-refractivity contribution is 0.0822. The number of nitrogens with zero attached hydrogens (tertiary/aromatic N) is 3. The van der Waals surface area contributed by atoms with E-state index in [-0.39, 0.29) is 0 Å². The summed E-state index contributed by atoms with van der Waals surface area (Å²) in [5, 5.41) is 9.30. The molecule has 0 N–H and O–H groups in total. The lowest BCUT2D eigenvalue weighted by Gasteiger charge is -2.22. The first-order chi connectivity index (χ1) is 8.36. The lowest BCUT2D eigenvalue weighted by atomic mass is 9.99. The van der Waals surface area contributed by atoms with Crippen LogP contribution in [0.2, 0.25) is 0 Å². The van der Waals surface area contributed by atoms with Gasteiger partial charge in [-0.15, -0.1) is 10.2 Å². The number of halogens is 1. The third-order valence-electron chi connectivity index (χ3n) is 3.08. The number of alkyl halides is 1. The van der Waals surface area contributed by atoms with Gasteiger partial charge in [-0.2, -0.15) is 0 Å². The summed E-state index contributed by atoms with van der Waals surface area (Å²) in [6.45, 7) is 3.16. The quantitative estimate of drug-likeness (QED) is 0.777. The molecule has 1 aliphatic rings. The monoisotopic (exact) mass is 303 g/mol. The molecule has 0 aliphatic carbocycles. The molecule has 0 aromatic carbocycles. The van der Waals surface area contributed by atoms with Gasteiger partial charge in [-0.25, -0.2) is 0 Å². The molecule has 1 aromatic rings. The van der Waals surface area contributed by atoms with Crippen LogP contribution in [0.25, 0.3) is 0 Å². The third kappa shape index (κ3) is 3.05. The second kappa shape index (κ2) is 6.47. The fourth-order valence-electron chi connectivity index (χ4n) is 2.13. The van der Waals surface area contributed by atoms with Crippen LogP contribution in [0.5, 0.6) is 0 Å². The fraction of sp³-hybridized carbons (Fsp3) is 0.818. The van der Waals surface area contributed by atoms with E-state index in [4.69, 9.17) is 9.47 Å². The maximum absolute atomic E-state index is 5.38. The Morgan fingerprint density at radius 2 is 2.18 bits per heavy atom. The topological polar surface area (TPSA) is 49.2 Å². The van der Waals surface area contributed by atoms with Crippen LogP contribution in [-0.2, 0) is 21.3 Å². The Kier molecular flexibility index (Phi) is 4.94. The molecular formula is C11H18BrN3O2. The van der Waals surface area contributed by atoms with Crippen LogP contribution < -0.4 is 0 Å². The first-order valence-corrected chi connectivity index (χ1v) is 7.03. The van der Waals surface area contributed by atoms with Gasteiger partial charge in [-0.3, -0.25) is 0 Å². The number of aromatic nitrogens is 3. The highest BCUT2D eigenvalue weighted by Crippen LogP contribution is 2.26. The summed E-state index contributed by atoms with van der Waals surface area (Å²) in [6.07, 6.45) is 2.07. The zero-order chi connectivity index (χ0) is 12.1. The zero-order valence-corrected chi connectivity index (χ0v) is 11.6. The molecule has 0 unspecified atom stereocenters. The van der Waals surface area contributed by atoms with Gasteiger partial charge in [-0.1, -0.05) is 15.9 Å². The van der Waals surface area contributed by atoms with Crippen LogP contribution in [0, 0.1) is 0 Å². The summed E-state index contributed by atoms with van der Waals surface area (Å²) in [5.41, 5.74) is 0. The van der Waals surface area contributed by atoms with Crippen molar-refractivity contribution in [3.63, 3.8) is 0 Å². The van der Waals surface area contributed by atoms with E-state index in [0.717, 1.165) is 49.6 Å². The van der Waals surface area contributed by atoms with E-state index >= 15 is 0 Å². The molecule has 0 saturated carbocycles. The number of hydrogen-bond donors (Lipinski definition) is 0. The Morgan fingerprint density at radius 1 is 1.41 bits per heavy atom. The molecule has 0 bridgehead atoms.